The zero-order valence-corrected chi connectivity index (χ0v) is 11.3. The summed E-state index contributed by atoms with van der Waals surface area (Å²) in [6.07, 6.45) is 2.64. The Morgan fingerprint density at radius 1 is 1.35 bits per heavy atom. The van der Waals surface area contributed by atoms with Crippen molar-refractivity contribution in [3.8, 4) is 0 Å². The first-order valence-electron chi connectivity index (χ1n) is 6.89. The number of aromatic nitrogens is 1. The lowest BCUT2D eigenvalue weighted by molar-refractivity contribution is -0.136. The maximum absolute atomic E-state index is 10.8. The third-order valence-corrected chi connectivity index (χ3v) is 3.73. The summed E-state index contributed by atoms with van der Waals surface area (Å²) >= 11 is 0. The zero-order valence-electron chi connectivity index (χ0n) is 11.3. The Bertz CT molecular complexity index is 615. The average molecular weight is 274 g/mol. The Balaban J connectivity index is 1.97. The second-order valence-corrected chi connectivity index (χ2v) is 5.01. The van der Waals surface area contributed by atoms with E-state index >= 15 is 0 Å². The maximum atomic E-state index is 10.8. The van der Waals surface area contributed by atoms with Crippen molar-refractivity contribution in [2.24, 2.45) is 0 Å². The molecule has 0 radical (unpaired) electrons. The van der Waals surface area contributed by atoms with Crippen molar-refractivity contribution in [1.29, 1.82) is 0 Å². The standard InChI is InChI=1S/C15H18N2O3/c18-14(19)5-4-11-10-16-12-2-1-3-13(15(11)12)17-6-8-20-9-7-17/h1-3,10,16H,4-9H2,(H,18,19). The van der Waals surface area contributed by atoms with Crippen molar-refractivity contribution in [2.45, 2.75) is 12.8 Å². The monoisotopic (exact) mass is 274 g/mol. The summed E-state index contributed by atoms with van der Waals surface area (Å²) in [5.74, 6) is -0.761. The fraction of sp³-hybridized carbons (Fsp3) is 0.400. The molecule has 0 atom stereocenters. The Labute approximate surface area is 117 Å². The molecule has 106 valence electrons. The van der Waals surface area contributed by atoms with E-state index in [2.05, 4.69) is 16.0 Å². The quantitative estimate of drug-likeness (QED) is 0.895. The molecule has 1 aromatic heterocycles. The first kappa shape index (κ1) is 13.0. The van der Waals surface area contributed by atoms with E-state index in [1.165, 1.54) is 5.69 Å². The van der Waals surface area contributed by atoms with Gasteiger partial charge in [-0.3, -0.25) is 4.79 Å². The number of carboxylic acid groups (broad SMARTS) is 1. The van der Waals surface area contributed by atoms with Crippen molar-refractivity contribution >= 4 is 22.6 Å². The largest absolute Gasteiger partial charge is 0.481 e. The summed E-state index contributed by atoms with van der Waals surface area (Å²) in [5.41, 5.74) is 3.31. The number of aromatic amines is 1. The number of morpholine rings is 1. The van der Waals surface area contributed by atoms with E-state index in [0.29, 0.717) is 6.42 Å². The smallest absolute Gasteiger partial charge is 0.303 e. The molecule has 1 aliphatic rings. The van der Waals surface area contributed by atoms with Gasteiger partial charge in [-0.1, -0.05) is 6.07 Å². The highest BCUT2D eigenvalue weighted by atomic mass is 16.5. The second-order valence-electron chi connectivity index (χ2n) is 5.01. The van der Waals surface area contributed by atoms with Crippen LogP contribution in [-0.4, -0.2) is 42.4 Å². The number of anilines is 1. The molecule has 2 aromatic rings. The number of ether oxygens (including phenoxy) is 1. The van der Waals surface area contributed by atoms with E-state index in [1.807, 2.05) is 18.3 Å². The molecule has 2 N–H and O–H groups in total. The molecule has 5 heteroatoms. The maximum Gasteiger partial charge on any atom is 0.303 e. The number of hydrogen-bond donors (Lipinski definition) is 2. The zero-order chi connectivity index (χ0) is 13.9. The fourth-order valence-electron chi connectivity index (χ4n) is 2.74. The lowest BCUT2D eigenvalue weighted by Crippen LogP contribution is -2.36. The molecule has 0 bridgehead atoms. The highest BCUT2D eigenvalue weighted by molar-refractivity contribution is 5.95. The number of nitrogens with one attached hydrogen (secondary N) is 1. The van der Waals surface area contributed by atoms with Crippen LogP contribution >= 0.6 is 0 Å². The summed E-state index contributed by atoms with van der Waals surface area (Å²) < 4.78 is 5.40. The average Bonchev–Trinajstić information content (AvgIpc) is 2.89. The number of H-pyrrole nitrogens is 1. The summed E-state index contributed by atoms with van der Waals surface area (Å²) in [5, 5.41) is 10.0. The van der Waals surface area contributed by atoms with Gasteiger partial charge in [0.15, 0.2) is 0 Å². The predicted octanol–water partition coefficient (Wildman–Crippen LogP) is 2.02. The van der Waals surface area contributed by atoms with E-state index in [9.17, 15) is 4.79 Å². The molecule has 0 saturated carbocycles. The van der Waals surface area contributed by atoms with Gasteiger partial charge in [-0.05, 0) is 24.1 Å². The summed E-state index contributed by atoms with van der Waals surface area (Å²) in [6, 6.07) is 6.17. The van der Waals surface area contributed by atoms with Crippen LogP contribution < -0.4 is 4.90 Å². The third kappa shape index (κ3) is 2.49. The number of fused-ring (bicyclic) bond motifs is 1. The fourth-order valence-corrected chi connectivity index (χ4v) is 2.74. The summed E-state index contributed by atoms with van der Waals surface area (Å²) in [6.45, 7) is 3.24. The molecule has 1 saturated heterocycles. The Morgan fingerprint density at radius 2 is 2.15 bits per heavy atom. The van der Waals surface area contributed by atoms with Crippen LogP contribution in [0.5, 0.6) is 0 Å². The van der Waals surface area contributed by atoms with Gasteiger partial charge in [0.05, 0.1) is 13.2 Å². The molecule has 5 nitrogen and oxygen atoms in total. The van der Waals surface area contributed by atoms with Crippen LogP contribution in [-0.2, 0) is 16.0 Å². The molecule has 0 amide bonds. The number of aryl methyl sites for hydroxylation is 1. The van der Waals surface area contributed by atoms with Gasteiger partial charge >= 0.3 is 5.97 Å². The number of carboxylic acids is 1. The molecule has 3 rings (SSSR count). The number of carbonyl (C=O) groups is 1. The Kier molecular flexibility index (Phi) is 3.60. The molecular weight excluding hydrogens is 256 g/mol. The molecule has 0 spiro atoms. The molecule has 1 aliphatic heterocycles. The first-order chi connectivity index (χ1) is 9.75. The topological polar surface area (TPSA) is 65.6 Å². The van der Waals surface area contributed by atoms with Gasteiger partial charge in [0.1, 0.15) is 0 Å². The van der Waals surface area contributed by atoms with Crippen LogP contribution in [0.25, 0.3) is 10.9 Å². The minimum Gasteiger partial charge on any atom is -0.481 e. The van der Waals surface area contributed by atoms with Gasteiger partial charge < -0.3 is 19.7 Å². The molecule has 1 aromatic carbocycles. The first-order valence-corrected chi connectivity index (χ1v) is 6.89. The van der Waals surface area contributed by atoms with Gasteiger partial charge in [-0.15, -0.1) is 0 Å². The van der Waals surface area contributed by atoms with Crippen LogP contribution in [0, 0.1) is 0 Å². The van der Waals surface area contributed by atoms with Crippen molar-refractivity contribution in [3.63, 3.8) is 0 Å². The molecule has 0 aliphatic carbocycles. The number of aliphatic carboxylic acids is 1. The van der Waals surface area contributed by atoms with Crippen molar-refractivity contribution in [2.75, 3.05) is 31.2 Å². The lowest BCUT2D eigenvalue weighted by atomic mass is 10.1. The van der Waals surface area contributed by atoms with Crippen LogP contribution in [0.3, 0.4) is 0 Å². The van der Waals surface area contributed by atoms with Gasteiger partial charge in [0.25, 0.3) is 0 Å². The minimum atomic E-state index is -0.761. The van der Waals surface area contributed by atoms with E-state index in [1.54, 1.807) is 0 Å². The van der Waals surface area contributed by atoms with E-state index in [0.717, 1.165) is 42.8 Å². The Morgan fingerprint density at radius 3 is 2.90 bits per heavy atom. The summed E-state index contributed by atoms with van der Waals surface area (Å²) in [7, 11) is 0. The number of nitrogens with zero attached hydrogens (tertiary/aromatic N) is 1. The molecule has 20 heavy (non-hydrogen) atoms. The lowest BCUT2D eigenvalue weighted by Gasteiger charge is -2.29. The van der Waals surface area contributed by atoms with Crippen LogP contribution in [0.1, 0.15) is 12.0 Å². The van der Waals surface area contributed by atoms with E-state index in [-0.39, 0.29) is 6.42 Å². The molecular formula is C15H18N2O3. The van der Waals surface area contributed by atoms with Gasteiger partial charge in [-0.2, -0.15) is 0 Å². The highest BCUT2D eigenvalue weighted by Crippen LogP contribution is 2.31. The number of rotatable bonds is 4. The van der Waals surface area contributed by atoms with Gasteiger partial charge in [-0.25, -0.2) is 0 Å². The van der Waals surface area contributed by atoms with Crippen LogP contribution in [0.2, 0.25) is 0 Å². The van der Waals surface area contributed by atoms with Crippen LogP contribution in [0.4, 0.5) is 5.69 Å². The normalized spacial score (nSPS) is 15.7. The minimum absolute atomic E-state index is 0.157. The number of benzene rings is 1. The Hall–Kier alpha value is -2.01. The van der Waals surface area contributed by atoms with Crippen molar-refractivity contribution in [3.05, 3.63) is 30.0 Å². The molecule has 0 unspecified atom stereocenters. The van der Waals surface area contributed by atoms with E-state index < -0.39 is 5.97 Å². The second kappa shape index (κ2) is 5.54. The number of hydrogen-bond acceptors (Lipinski definition) is 3. The van der Waals surface area contributed by atoms with E-state index in [4.69, 9.17) is 9.84 Å². The van der Waals surface area contributed by atoms with Gasteiger partial charge in [0.2, 0.25) is 0 Å². The summed E-state index contributed by atoms with van der Waals surface area (Å²) in [4.78, 5) is 16.3. The highest BCUT2D eigenvalue weighted by Gasteiger charge is 2.16. The molecule has 1 fully saturated rings. The van der Waals surface area contributed by atoms with Crippen LogP contribution in [0.15, 0.2) is 24.4 Å². The predicted molar refractivity (Wildman–Crippen MR) is 77.3 cm³/mol. The third-order valence-electron chi connectivity index (χ3n) is 3.73. The SMILES string of the molecule is O=C(O)CCc1c[nH]c2cccc(N3CCOCC3)c12. The van der Waals surface area contributed by atoms with Crippen molar-refractivity contribution in [1.82, 2.24) is 4.98 Å². The van der Waals surface area contributed by atoms with Crippen molar-refractivity contribution < 1.29 is 14.6 Å². The molecule has 2 heterocycles. The van der Waals surface area contributed by atoms with Gasteiger partial charge in [0, 0.05) is 42.3 Å².